The zero-order chi connectivity index (χ0) is 32.6. The van der Waals surface area contributed by atoms with E-state index in [1.54, 1.807) is 19.1 Å². The highest BCUT2D eigenvalue weighted by atomic mass is 16.4. The standard InChI is InChI=1S/C40H58N2O3/c1-25(2)29-15-20-40(42-24-23-41-26(3)43)22-21-38(7)31(34(29)40)13-14-33-37(6)18-16-30(27-9-11-28(12-10-27)35(44)45)36(4,5)32(37)17-19-39(33,38)8/h9-12,16,29,31-34,42H,1,13-15,17-24H2,2-8H3,(H,41,43)(H,44,45)/t29-,31+,32-,33+,34+,37-,38+,39+,40-/m0/s1. The van der Waals surface area contributed by atoms with Gasteiger partial charge < -0.3 is 15.7 Å². The minimum atomic E-state index is -0.866. The van der Waals surface area contributed by atoms with Crippen LogP contribution in [-0.2, 0) is 4.79 Å². The lowest BCUT2D eigenvalue weighted by atomic mass is 9.33. The van der Waals surface area contributed by atoms with Crippen LogP contribution in [0.25, 0.3) is 5.57 Å². The van der Waals surface area contributed by atoms with E-state index in [0.29, 0.717) is 41.7 Å². The molecule has 4 fully saturated rings. The Balaban J connectivity index is 1.31. The second-order valence-corrected chi connectivity index (χ2v) is 17.2. The van der Waals surface area contributed by atoms with Crippen molar-refractivity contribution >= 4 is 17.4 Å². The molecule has 45 heavy (non-hydrogen) atoms. The molecule has 0 radical (unpaired) electrons. The number of carbonyl (C=O) groups excluding carboxylic acids is 1. The average molecular weight is 615 g/mol. The Morgan fingerprint density at radius 2 is 1.58 bits per heavy atom. The molecule has 0 aromatic heterocycles. The van der Waals surface area contributed by atoms with Gasteiger partial charge in [-0.3, -0.25) is 4.79 Å². The highest BCUT2D eigenvalue weighted by molar-refractivity contribution is 5.88. The summed E-state index contributed by atoms with van der Waals surface area (Å²) in [6, 6.07) is 7.58. The molecule has 246 valence electrons. The molecule has 5 nitrogen and oxygen atoms in total. The molecule has 4 saturated carbocycles. The van der Waals surface area contributed by atoms with Gasteiger partial charge in [-0.15, -0.1) is 0 Å². The number of fused-ring (bicyclic) bond motifs is 7. The first-order valence-corrected chi connectivity index (χ1v) is 17.8. The van der Waals surface area contributed by atoms with Crippen molar-refractivity contribution in [1.82, 2.24) is 10.6 Å². The normalized spacial score (nSPS) is 41.5. The minimum absolute atomic E-state index is 0.0207. The molecule has 5 aliphatic carbocycles. The van der Waals surface area contributed by atoms with Gasteiger partial charge in [-0.25, -0.2) is 4.79 Å². The zero-order valence-electron chi connectivity index (χ0n) is 29.0. The van der Waals surface area contributed by atoms with Crippen LogP contribution in [0.2, 0.25) is 0 Å². The number of benzene rings is 1. The predicted octanol–water partition coefficient (Wildman–Crippen LogP) is 8.51. The number of nitrogens with one attached hydrogen (secondary N) is 2. The Labute approximate surface area is 272 Å². The molecule has 0 bridgehead atoms. The maximum Gasteiger partial charge on any atom is 0.335 e. The van der Waals surface area contributed by atoms with Crippen molar-refractivity contribution in [1.29, 1.82) is 0 Å². The summed E-state index contributed by atoms with van der Waals surface area (Å²) in [4.78, 5) is 23.1. The Bertz CT molecular complexity index is 1390. The molecule has 0 spiro atoms. The lowest BCUT2D eigenvalue weighted by Gasteiger charge is -2.72. The smallest absolute Gasteiger partial charge is 0.335 e. The van der Waals surface area contributed by atoms with E-state index in [-0.39, 0.29) is 33.1 Å². The zero-order valence-corrected chi connectivity index (χ0v) is 29.0. The number of allylic oxidation sites excluding steroid dienone is 3. The van der Waals surface area contributed by atoms with E-state index in [1.165, 1.54) is 68.1 Å². The van der Waals surface area contributed by atoms with Crippen molar-refractivity contribution < 1.29 is 14.7 Å². The maximum absolute atomic E-state index is 11.6. The first-order valence-electron chi connectivity index (χ1n) is 17.8. The summed E-state index contributed by atoms with van der Waals surface area (Å²) in [5.74, 6) is 2.32. The van der Waals surface area contributed by atoms with Crippen LogP contribution in [0.3, 0.4) is 0 Å². The van der Waals surface area contributed by atoms with Gasteiger partial charge in [0.2, 0.25) is 5.91 Å². The fraction of sp³-hybridized carbons (Fsp3) is 0.700. The Hall–Kier alpha value is -2.40. The highest BCUT2D eigenvalue weighted by Gasteiger charge is 2.70. The van der Waals surface area contributed by atoms with Gasteiger partial charge in [0.1, 0.15) is 0 Å². The van der Waals surface area contributed by atoms with Gasteiger partial charge in [0, 0.05) is 25.6 Å². The summed E-state index contributed by atoms with van der Waals surface area (Å²) in [7, 11) is 0. The molecule has 0 aliphatic heterocycles. The topological polar surface area (TPSA) is 78.4 Å². The minimum Gasteiger partial charge on any atom is -0.478 e. The van der Waals surface area contributed by atoms with Crippen molar-refractivity contribution in [2.24, 2.45) is 51.2 Å². The Kier molecular flexibility index (Phi) is 8.03. The molecule has 3 N–H and O–H groups in total. The van der Waals surface area contributed by atoms with Crippen molar-refractivity contribution in [2.45, 2.75) is 112 Å². The first kappa shape index (κ1) is 32.5. The number of carboxylic acids is 1. The monoisotopic (exact) mass is 614 g/mol. The van der Waals surface area contributed by atoms with Gasteiger partial charge in [0.25, 0.3) is 0 Å². The second kappa shape index (κ2) is 11.1. The molecule has 9 atom stereocenters. The van der Waals surface area contributed by atoms with Crippen LogP contribution in [0.4, 0.5) is 0 Å². The highest BCUT2D eigenvalue weighted by Crippen LogP contribution is 2.76. The average Bonchev–Trinajstić information content (AvgIpc) is 3.36. The van der Waals surface area contributed by atoms with Crippen molar-refractivity contribution in [3.05, 3.63) is 53.6 Å². The fourth-order valence-corrected chi connectivity index (χ4v) is 12.9. The van der Waals surface area contributed by atoms with Gasteiger partial charge in [0.05, 0.1) is 5.56 Å². The third-order valence-electron chi connectivity index (χ3n) is 15.1. The number of hydrogen-bond acceptors (Lipinski definition) is 3. The lowest BCUT2D eigenvalue weighted by Crippen LogP contribution is -2.68. The summed E-state index contributed by atoms with van der Waals surface area (Å²) in [6.45, 7) is 22.9. The van der Waals surface area contributed by atoms with Crippen LogP contribution in [0.15, 0.2) is 42.5 Å². The summed E-state index contributed by atoms with van der Waals surface area (Å²) >= 11 is 0. The van der Waals surface area contributed by atoms with Gasteiger partial charge in [-0.2, -0.15) is 0 Å². The van der Waals surface area contributed by atoms with E-state index in [9.17, 15) is 14.7 Å². The molecule has 6 rings (SSSR count). The van der Waals surface area contributed by atoms with Crippen molar-refractivity contribution in [3.8, 4) is 0 Å². The lowest BCUT2D eigenvalue weighted by molar-refractivity contribution is -0.219. The summed E-state index contributed by atoms with van der Waals surface area (Å²) in [5.41, 5.74) is 5.28. The summed E-state index contributed by atoms with van der Waals surface area (Å²) in [6.07, 6.45) is 13.7. The molecule has 1 aromatic rings. The second-order valence-electron chi connectivity index (χ2n) is 17.2. The Morgan fingerprint density at radius 1 is 0.867 bits per heavy atom. The number of rotatable bonds is 7. The van der Waals surface area contributed by atoms with E-state index in [2.05, 4.69) is 64.8 Å². The quantitative estimate of drug-likeness (QED) is 0.213. The third kappa shape index (κ3) is 4.80. The van der Waals surface area contributed by atoms with E-state index in [1.807, 2.05) is 12.1 Å². The molecule has 5 heteroatoms. The van der Waals surface area contributed by atoms with Crippen molar-refractivity contribution in [3.63, 3.8) is 0 Å². The Morgan fingerprint density at radius 3 is 2.22 bits per heavy atom. The van der Waals surface area contributed by atoms with Crippen LogP contribution in [0.5, 0.6) is 0 Å². The van der Waals surface area contributed by atoms with Crippen LogP contribution in [0.1, 0.15) is 122 Å². The van der Waals surface area contributed by atoms with Gasteiger partial charge in [0.15, 0.2) is 0 Å². The molecule has 0 saturated heterocycles. The van der Waals surface area contributed by atoms with Crippen LogP contribution >= 0.6 is 0 Å². The number of carbonyl (C=O) groups is 2. The van der Waals surface area contributed by atoms with E-state index in [0.717, 1.165) is 13.0 Å². The van der Waals surface area contributed by atoms with Crippen LogP contribution < -0.4 is 10.6 Å². The number of amides is 1. The molecule has 1 amide bonds. The van der Waals surface area contributed by atoms with Crippen LogP contribution in [-0.4, -0.2) is 35.6 Å². The van der Waals surface area contributed by atoms with Crippen molar-refractivity contribution in [2.75, 3.05) is 13.1 Å². The van der Waals surface area contributed by atoms with E-state index >= 15 is 0 Å². The third-order valence-corrected chi connectivity index (χ3v) is 15.1. The molecule has 0 unspecified atom stereocenters. The summed E-state index contributed by atoms with van der Waals surface area (Å²) in [5, 5.41) is 16.5. The summed E-state index contributed by atoms with van der Waals surface area (Å²) < 4.78 is 0. The molecule has 1 aromatic carbocycles. The SMILES string of the molecule is C=C(C)[C@@H]1CC[C@]2(NCCNC(C)=O)CC[C@]3(C)[C@H](CC[C@@H]4[C@@]5(C)CC=C(c6ccc(C(=O)O)cc6)C(C)(C)[C@@H]5CC[C@]43C)[C@@H]12. The van der Waals surface area contributed by atoms with E-state index < -0.39 is 5.97 Å². The number of hydrogen-bond donors (Lipinski definition) is 3. The van der Waals surface area contributed by atoms with Gasteiger partial charge >= 0.3 is 5.97 Å². The largest absolute Gasteiger partial charge is 0.478 e. The van der Waals surface area contributed by atoms with Gasteiger partial charge in [-0.05, 0) is 139 Å². The predicted molar refractivity (Wildman–Crippen MR) is 183 cm³/mol. The van der Waals surface area contributed by atoms with Gasteiger partial charge in [-0.1, -0.05) is 65.0 Å². The van der Waals surface area contributed by atoms with Crippen LogP contribution in [0, 0.1) is 51.2 Å². The molecular formula is C40H58N2O3. The molecule has 0 heterocycles. The first-order chi connectivity index (χ1) is 21.1. The number of carboxylic acid groups (broad SMARTS) is 1. The molecule has 5 aliphatic rings. The number of aromatic carboxylic acids is 1. The fourth-order valence-electron chi connectivity index (χ4n) is 12.9. The molecular weight excluding hydrogens is 556 g/mol. The maximum atomic E-state index is 11.6. The van der Waals surface area contributed by atoms with E-state index in [4.69, 9.17) is 0 Å².